The van der Waals surface area contributed by atoms with Gasteiger partial charge in [-0.3, -0.25) is 9.79 Å². The Kier molecular flexibility index (Phi) is 12.1. The fourth-order valence-corrected chi connectivity index (χ4v) is 4.29. The SMILES string of the molecule is CN=C(C)C(=CN)c1cccc(CCOCCC(=O)N(CC(OC)OC)C2CCCCC2)c1. The van der Waals surface area contributed by atoms with E-state index in [0.717, 1.165) is 41.7 Å². The molecule has 0 bridgehead atoms. The third kappa shape index (κ3) is 8.57. The van der Waals surface area contributed by atoms with Crippen LogP contribution in [-0.4, -0.2) is 69.9 Å². The van der Waals surface area contributed by atoms with Gasteiger partial charge in [-0.15, -0.1) is 0 Å². The molecule has 1 aliphatic rings. The molecule has 0 aliphatic heterocycles. The van der Waals surface area contributed by atoms with Gasteiger partial charge in [0.1, 0.15) is 0 Å². The molecule has 33 heavy (non-hydrogen) atoms. The zero-order valence-corrected chi connectivity index (χ0v) is 20.7. The third-order valence-corrected chi connectivity index (χ3v) is 6.33. The van der Waals surface area contributed by atoms with E-state index in [4.69, 9.17) is 19.9 Å². The van der Waals surface area contributed by atoms with Crippen LogP contribution in [0.15, 0.2) is 35.5 Å². The number of hydrogen-bond donors (Lipinski definition) is 1. The Bertz CT molecular complexity index is 783. The van der Waals surface area contributed by atoms with E-state index < -0.39 is 6.29 Å². The Morgan fingerprint density at radius 3 is 2.58 bits per heavy atom. The van der Waals surface area contributed by atoms with Crippen molar-refractivity contribution in [3.05, 3.63) is 41.6 Å². The first kappa shape index (κ1) is 27.0. The monoisotopic (exact) mass is 459 g/mol. The predicted octanol–water partition coefficient (Wildman–Crippen LogP) is 3.81. The predicted molar refractivity (Wildman–Crippen MR) is 133 cm³/mol. The number of methoxy groups -OCH3 is 2. The van der Waals surface area contributed by atoms with E-state index in [9.17, 15) is 4.79 Å². The molecule has 0 spiro atoms. The molecule has 7 nitrogen and oxygen atoms in total. The first-order chi connectivity index (χ1) is 16.0. The van der Waals surface area contributed by atoms with Crippen molar-refractivity contribution >= 4 is 17.2 Å². The molecule has 1 fully saturated rings. The van der Waals surface area contributed by atoms with Crippen molar-refractivity contribution < 1.29 is 19.0 Å². The molecule has 2 N–H and O–H groups in total. The number of aliphatic imine (C=N–C) groups is 1. The number of nitrogens with zero attached hydrogens (tertiary/aromatic N) is 2. The molecule has 7 heteroatoms. The summed E-state index contributed by atoms with van der Waals surface area (Å²) in [6.45, 7) is 3.37. The topological polar surface area (TPSA) is 86.4 Å². The number of rotatable bonds is 13. The molecule has 1 aromatic carbocycles. The number of amides is 1. The van der Waals surface area contributed by atoms with E-state index in [1.54, 1.807) is 27.5 Å². The van der Waals surface area contributed by atoms with E-state index in [2.05, 4.69) is 17.1 Å². The minimum absolute atomic E-state index is 0.107. The van der Waals surface area contributed by atoms with Gasteiger partial charge >= 0.3 is 0 Å². The van der Waals surface area contributed by atoms with Crippen molar-refractivity contribution in [3.8, 4) is 0 Å². The van der Waals surface area contributed by atoms with Gasteiger partial charge in [0.25, 0.3) is 0 Å². The molecule has 0 atom stereocenters. The second-order valence-electron chi connectivity index (χ2n) is 8.44. The van der Waals surface area contributed by atoms with Gasteiger partial charge < -0.3 is 24.8 Å². The molecular formula is C26H41N3O4. The van der Waals surface area contributed by atoms with Gasteiger partial charge in [0.05, 0.1) is 26.2 Å². The molecule has 1 saturated carbocycles. The van der Waals surface area contributed by atoms with Gasteiger partial charge in [0, 0.05) is 44.8 Å². The van der Waals surface area contributed by atoms with E-state index in [1.807, 2.05) is 24.0 Å². The Labute approximate surface area is 199 Å². The fourth-order valence-electron chi connectivity index (χ4n) is 4.29. The minimum Gasteiger partial charge on any atom is -0.404 e. The van der Waals surface area contributed by atoms with Gasteiger partial charge in [-0.2, -0.15) is 0 Å². The molecule has 0 aromatic heterocycles. The van der Waals surface area contributed by atoms with Gasteiger partial charge in [0.2, 0.25) is 5.91 Å². The molecular weight excluding hydrogens is 418 g/mol. The van der Waals surface area contributed by atoms with Crippen LogP contribution in [0.5, 0.6) is 0 Å². The van der Waals surface area contributed by atoms with Crippen LogP contribution < -0.4 is 5.73 Å². The lowest BCUT2D eigenvalue weighted by Gasteiger charge is -2.36. The number of allylic oxidation sites excluding steroid dienone is 1. The quantitative estimate of drug-likeness (QED) is 0.275. The van der Waals surface area contributed by atoms with Gasteiger partial charge in [0.15, 0.2) is 6.29 Å². The molecule has 1 aliphatic carbocycles. The summed E-state index contributed by atoms with van der Waals surface area (Å²) in [5, 5.41) is 0. The molecule has 1 aromatic rings. The van der Waals surface area contributed by atoms with Crippen molar-refractivity contribution in [2.24, 2.45) is 10.7 Å². The Morgan fingerprint density at radius 2 is 1.94 bits per heavy atom. The highest BCUT2D eigenvalue weighted by Gasteiger charge is 2.27. The van der Waals surface area contributed by atoms with Crippen LogP contribution in [0.2, 0.25) is 0 Å². The second-order valence-corrected chi connectivity index (χ2v) is 8.44. The van der Waals surface area contributed by atoms with Crippen molar-refractivity contribution in [1.82, 2.24) is 4.90 Å². The lowest BCUT2D eigenvalue weighted by atomic mass is 9.94. The number of benzene rings is 1. The zero-order chi connectivity index (χ0) is 24.1. The second kappa shape index (κ2) is 14.8. The van der Waals surface area contributed by atoms with Crippen molar-refractivity contribution in [3.63, 3.8) is 0 Å². The summed E-state index contributed by atoms with van der Waals surface area (Å²) in [4.78, 5) is 19.2. The zero-order valence-electron chi connectivity index (χ0n) is 20.7. The summed E-state index contributed by atoms with van der Waals surface area (Å²) < 4.78 is 16.5. The normalized spacial score (nSPS) is 15.8. The molecule has 1 amide bonds. The molecule has 0 heterocycles. The highest BCUT2D eigenvalue weighted by molar-refractivity contribution is 6.22. The summed E-state index contributed by atoms with van der Waals surface area (Å²) in [7, 11) is 4.98. The van der Waals surface area contributed by atoms with Crippen LogP contribution in [0, 0.1) is 0 Å². The van der Waals surface area contributed by atoms with Crippen molar-refractivity contribution in [1.29, 1.82) is 0 Å². The first-order valence-corrected chi connectivity index (χ1v) is 11.9. The number of nitrogens with two attached hydrogens (primary N) is 1. The largest absolute Gasteiger partial charge is 0.404 e. The van der Waals surface area contributed by atoms with Crippen LogP contribution in [0.1, 0.15) is 56.6 Å². The van der Waals surface area contributed by atoms with Gasteiger partial charge in [-0.25, -0.2) is 0 Å². The number of ether oxygens (including phenoxy) is 3. The summed E-state index contributed by atoms with van der Waals surface area (Å²) in [6, 6.07) is 8.50. The summed E-state index contributed by atoms with van der Waals surface area (Å²) >= 11 is 0. The van der Waals surface area contributed by atoms with Crippen LogP contribution in [0.25, 0.3) is 5.57 Å². The molecule has 0 radical (unpaired) electrons. The number of carbonyl (C=O) groups is 1. The molecule has 0 saturated heterocycles. The lowest BCUT2D eigenvalue weighted by Crippen LogP contribution is -2.46. The third-order valence-electron chi connectivity index (χ3n) is 6.33. The fraction of sp³-hybridized carbons (Fsp3) is 0.615. The Balaban J connectivity index is 1.85. The Hall–Kier alpha value is -2.22. The van der Waals surface area contributed by atoms with Crippen molar-refractivity contribution in [2.75, 3.05) is 41.0 Å². The Morgan fingerprint density at radius 1 is 1.21 bits per heavy atom. The smallest absolute Gasteiger partial charge is 0.225 e. The maximum atomic E-state index is 13.0. The van der Waals surface area contributed by atoms with E-state index in [-0.39, 0.29) is 11.9 Å². The summed E-state index contributed by atoms with van der Waals surface area (Å²) in [5.74, 6) is 0.107. The summed E-state index contributed by atoms with van der Waals surface area (Å²) in [6.07, 6.45) is 7.99. The van der Waals surface area contributed by atoms with Crippen LogP contribution in [-0.2, 0) is 25.4 Å². The van der Waals surface area contributed by atoms with E-state index >= 15 is 0 Å². The lowest BCUT2D eigenvalue weighted by molar-refractivity contribution is -0.151. The van der Waals surface area contributed by atoms with E-state index in [1.165, 1.54) is 19.3 Å². The molecule has 0 unspecified atom stereocenters. The maximum absolute atomic E-state index is 13.0. The summed E-state index contributed by atoms with van der Waals surface area (Å²) in [5.41, 5.74) is 9.84. The minimum atomic E-state index is -0.405. The van der Waals surface area contributed by atoms with Crippen LogP contribution >= 0.6 is 0 Å². The first-order valence-electron chi connectivity index (χ1n) is 11.9. The average molecular weight is 460 g/mol. The average Bonchev–Trinajstić information content (AvgIpc) is 2.85. The van der Waals surface area contributed by atoms with Crippen molar-refractivity contribution in [2.45, 2.75) is 64.2 Å². The van der Waals surface area contributed by atoms with Crippen LogP contribution in [0.4, 0.5) is 0 Å². The highest BCUT2D eigenvalue weighted by Crippen LogP contribution is 2.24. The van der Waals surface area contributed by atoms with Crippen LogP contribution in [0.3, 0.4) is 0 Å². The van der Waals surface area contributed by atoms with Gasteiger partial charge in [-0.05, 0) is 37.3 Å². The number of carbonyl (C=O) groups excluding carboxylic acids is 1. The standard InChI is InChI=1S/C26H41N3O4/c1-20(28-2)24(18-27)22-10-8-9-21(17-22)13-15-33-16-14-25(30)29(19-26(31-3)32-4)23-11-6-5-7-12-23/h8-10,17-18,23,26H,5-7,11-16,19,27H2,1-4H3. The molecule has 184 valence electrons. The maximum Gasteiger partial charge on any atom is 0.225 e. The van der Waals surface area contributed by atoms with Gasteiger partial charge in [-0.1, -0.05) is 43.5 Å². The number of hydrogen-bond acceptors (Lipinski definition) is 6. The van der Waals surface area contributed by atoms with E-state index in [0.29, 0.717) is 26.2 Å². The highest BCUT2D eigenvalue weighted by atomic mass is 16.7. The molecule has 2 rings (SSSR count).